The van der Waals surface area contributed by atoms with Crippen LogP contribution in [0.2, 0.25) is 0 Å². The number of rotatable bonds is 3. The van der Waals surface area contributed by atoms with Gasteiger partial charge in [0.1, 0.15) is 11.6 Å². The maximum absolute atomic E-state index is 11.6. The lowest BCUT2D eigenvalue weighted by Crippen LogP contribution is -2.15. The minimum atomic E-state index is -1.20. The molecule has 2 aromatic rings. The summed E-state index contributed by atoms with van der Waals surface area (Å²) in [6, 6.07) is 12.0. The Morgan fingerprint density at radius 1 is 1.25 bits per heavy atom. The first kappa shape index (κ1) is 13.3. The van der Waals surface area contributed by atoms with Crippen LogP contribution in [0.4, 0.5) is 0 Å². The molecule has 5 heteroatoms. The summed E-state index contributed by atoms with van der Waals surface area (Å²) in [7, 11) is 0. The molecule has 1 aromatic carbocycles. The quantitative estimate of drug-likeness (QED) is 0.889. The number of carboxylic acids is 1. The molecule has 20 heavy (non-hydrogen) atoms. The van der Waals surface area contributed by atoms with Crippen molar-refractivity contribution in [3.8, 4) is 6.07 Å². The molecule has 0 aliphatic rings. The molecule has 0 aliphatic carbocycles. The van der Waals surface area contributed by atoms with Crippen LogP contribution in [-0.4, -0.2) is 16.1 Å². The Labute approximate surface area is 114 Å². The first-order chi connectivity index (χ1) is 9.61. The lowest BCUT2D eigenvalue weighted by Gasteiger charge is -2.01. The molecule has 0 fully saturated rings. The van der Waals surface area contributed by atoms with Crippen LogP contribution >= 0.6 is 0 Å². The van der Waals surface area contributed by atoms with E-state index in [4.69, 9.17) is 10.4 Å². The number of nitrogens with one attached hydrogen (secondary N) is 1. The van der Waals surface area contributed by atoms with Crippen molar-refractivity contribution in [1.82, 2.24) is 4.98 Å². The Morgan fingerprint density at radius 3 is 2.55 bits per heavy atom. The number of aromatic amines is 1. The third kappa shape index (κ3) is 2.82. The van der Waals surface area contributed by atoms with E-state index in [-0.39, 0.29) is 16.8 Å². The van der Waals surface area contributed by atoms with Gasteiger partial charge in [0.05, 0.1) is 11.3 Å². The van der Waals surface area contributed by atoms with Crippen LogP contribution in [0, 0.1) is 11.3 Å². The first-order valence-electron chi connectivity index (χ1n) is 5.75. The number of nitrogens with zero attached hydrogens (tertiary/aromatic N) is 1. The molecule has 0 bridgehead atoms. The van der Waals surface area contributed by atoms with Gasteiger partial charge in [0.2, 0.25) is 0 Å². The molecule has 0 spiro atoms. The van der Waals surface area contributed by atoms with Crippen molar-refractivity contribution in [2.45, 2.75) is 0 Å². The zero-order valence-corrected chi connectivity index (χ0v) is 10.3. The molecule has 0 unspecified atom stereocenters. The van der Waals surface area contributed by atoms with Gasteiger partial charge in [0, 0.05) is 0 Å². The topological polar surface area (TPSA) is 93.9 Å². The van der Waals surface area contributed by atoms with E-state index >= 15 is 0 Å². The molecule has 0 atom stereocenters. The van der Waals surface area contributed by atoms with Gasteiger partial charge in [-0.15, -0.1) is 0 Å². The number of hydrogen-bond donors (Lipinski definition) is 2. The molecule has 0 saturated heterocycles. The van der Waals surface area contributed by atoms with Crippen molar-refractivity contribution in [3.63, 3.8) is 0 Å². The summed E-state index contributed by atoms with van der Waals surface area (Å²) in [6.07, 6.45) is 3.19. The van der Waals surface area contributed by atoms with E-state index in [0.717, 1.165) is 11.6 Å². The smallest absolute Gasteiger partial charge is 0.337 e. The van der Waals surface area contributed by atoms with Gasteiger partial charge in [-0.05, 0) is 17.7 Å². The van der Waals surface area contributed by atoms with Gasteiger partial charge in [-0.25, -0.2) is 4.79 Å². The van der Waals surface area contributed by atoms with Gasteiger partial charge in [0.25, 0.3) is 5.56 Å². The molecule has 1 aromatic heterocycles. The van der Waals surface area contributed by atoms with E-state index in [9.17, 15) is 9.59 Å². The molecular formula is C15H10N2O3. The van der Waals surface area contributed by atoms with Gasteiger partial charge in [-0.2, -0.15) is 5.26 Å². The summed E-state index contributed by atoms with van der Waals surface area (Å²) >= 11 is 0. The molecule has 5 nitrogen and oxygen atoms in total. The third-order valence-electron chi connectivity index (χ3n) is 2.66. The van der Waals surface area contributed by atoms with E-state index in [2.05, 4.69) is 4.98 Å². The number of carbonyl (C=O) groups is 1. The lowest BCUT2D eigenvalue weighted by molar-refractivity contribution is 0.0696. The Morgan fingerprint density at radius 2 is 1.95 bits per heavy atom. The van der Waals surface area contributed by atoms with E-state index in [0.29, 0.717) is 0 Å². The summed E-state index contributed by atoms with van der Waals surface area (Å²) in [6.45, 7) is 0. The number of pyridine rings is 1. The average molecular weight is 266 g/mol. The zero-order valence-electron chi connectivity index (χ0n) is 10.3. The predicted octanol–water partition coefficient (Wildman–Crippen LogP) is 2.12. The van der Waals surface area contributed by atoms with E-state index < -0.39 is 11.5 Å². The van der Waals surface area contributed by atoms with Gasteiger partial charge in [-0.1, -0.05) is 36.4 Å². The summed E-state index contributed by atoms with van der Waals surface area (Å²) in [5.74, 6) is -1.20. The molecule has 0 aliphatic heterocycles. The predicted molar refractivity (Wildman–Crippen MR) is 74.1 cm³/mol. The standard InChI is InChI=1S/C15H10N2O3/c16-9-11-8-12(15(19)20)13(17-14(11)18)7-6-10-4-2-1-3-5-10/h1-8H,(H,17,18)(H,19,20)/b7-6+. The fourth-order valence-corrected chi connectivity index (χ4v) is 1.68. The number of aromatic carboxylic acids is 1. The molecule has 2 N–H and O–H groups in total. The van der Waals surface area contributed by atoms with Gasteiger partial charge >= 0.3 is 5.97 Å². The van der Waals surface area contributed by atoms with Crippen molar-refractivity contribution in [2.24, 2.45) is 0 Å². The maximum Gasteiger partial charge on any atom is 0.337 e. The lowest BCUT2D eigenvalue weighted by atomic mass is 10.1. The summed E-state index contributed by atoms with van der Waals surface area (Å²) < 4.78 is 0. The number of carboxylic acid groups (broad SMARTS) is 1. The summed E-state index contributed by atoms with van der Waals surface area (Å²) in [5, 5.41) is 17.9. The fraction of sp³-hybridized carbons (Fsp3) is 0. The normalized spacial score (nSPS) is 10.3. The molecule has 1 heterocycles. The van der Waals surface area contributed by atoms with Crippen LogP contribution < -0.4 is 5.56 Å². The van der Waals surface area contributed by atoms with Crippen LogP contribution in [0.3, 0.4) is 0 Å². The number of hydrogen-bond acceptors (Lipinski definition) is 3. The van der Waals surface area contributed by atoms with Crippen molar-refractivity contribution in [3.05, 3.63) is 69.1 Å². The van der Waals surface area contributed by atoms with Gasteiger partial charge in [0.15, 0.2) is 0 Å². The highest BCUT2D eigenvalue weighted by atomic mass is 16.4. The van der Waals surface area contributed by atoms with Crippen LogP contribution in [0.15, 0.2) is 41.2 Å². The monoisotopic (exact) mass is 266 g/mol. The summed E-state index contributed by atoms with van der Waals surface area (Å²) in [5.41, 5.74) is 0.0807. The van der Waals surface area contributed by atoms with Crippen LogP contribution in [0.25, 0.3) is 12.2 Å². The van der Waals surface area contributed by atoms with Crippen LogP contribution in [-0.2, 0) is 0 Å². The largest absolute Gasteiger partial charge is 0.478 e. The summed E-state index contributed by atoms with van der Waals surface area (Å²) in [4.78, 5) is 25.1. The minimum Gasteiger partial charge on any atom is -0.478 e. The second kappa shape index (κ2) is 5.67. The third-order valence-corrected chi connectivity index (χ3v) is 2.66. The van der Waals surface area contributed by atoms with E-state index in [1.54, 1.807) is 12.1 Å². The number of aromatic nitrogens is 1. The number of nitriles is 1. The average Bonchev–Trinajstić information content (AvgIpc) is 2.46. The highest BCUT2D eigenvalue weighted by molar-refractivity contribution is 5.92. The SMILES string of the molecule is N#Cc1cc(C(=O)O)c(/C=C/c2ccccc2)[nH]c1=O. The Kier molecular flexibility index (Phi) is 3.77. The first-order valence-corrected chi connectivity index (χ1v) is 5.75. The number of H-pyrrole nitrogens is 1. The fourth-order valence-electron chi connectivity index (χ4n) is 1.68. The van der Waals surface area contributed by atoms with Gasteiger partial charge < -0.3 is 10.1 Å². The molecule has 98 valence electrons. The van der Waals surface area contributed by atoms with Crippen molar-refractivity contribution in [1.29, 1.82) is 5.26 Å². The van der Waals surface area contributed by atoms with Crippen molar-refractivity contribution in [2.75, 3.05) is 0 Å². The Balaban J connectivity index is 2.49. The zero-order chi connectivity index (χ0) is 14.5. The Bertz CT molecular complexity index is 768. The minimum absolute atomic E-state index is 0.117. The van der Waals surface area contributed by atoms with Crippen molar-refractivity contribution < 1.29 is 9.90 Å². The highest BCUT2D eigenvalue weighted by Crippen LogP contribution is 2.11. The second-order valence-corrected chi connectivity index (χ2v) is 4.00. The second-order valence-electron chi connectivity index (χ2n) is 4.00. The van der Waals surface area contributed by atoms with Crippen LogP contribution in [0.5, 0.6) is 0 Å². The molecule has 0 amide bonds. The Hall–Kier alpha value is -3.13. The molecule has 0 radical (unpaired) electrons. The number of benzene rings is 1. The molecular weight excluding hydrogens is 256 g/mol. The van der Waals surface area contributed by atoms with Gasteiger partial charge in [-0.3, -0.25) is 4.79 Å². The highest BCUT2D eigenvalue weighted by Gasteiger charge is 2.12. The van der Waals surface area contributed by atoms with E-state index in [1.165, 1.54) is 6.08 Å². The van der Waals surface area contributed by atoms with Crippen molar-refractivity contribution >= 4 is 18.1 Å². The van der Waals surface area contributed by atoms with E-state index in [1.807, 2.05) is 30.3 Å². The molecule has 2 rings (SSSR count). The maximum atomic E-state index is 11.6. The van der Waals surface area contributed by atoms with Crippen LogP contribution in [0.1, 0.15) is 27.2 Å². The molecule has 0 saturated carbocycles.